The number of aromatic carboxylic acids is 1. The summed E-state index contributed by atoms with van der Waals surface area (Å²) in [5, 5.41) is 9.84. The highest BCUT2D eigenvalue weighted by atomic mass is 16.4. The average Bonchev–Trinajstić information content (AvgIpc) is 2.57. The molecule has 1 aromatic carbocycles. The number of para-hydroxylation sites is 1. The lowest BCUT2D eigenvalue weighted by molar-refractivity contribution is -0.116. The maximum Gasteiger partial charge on any atom is 0.352 e. The van der Waals surface area contributed by atoms with Crippen LogP contribution < -0.4 is 0 Å². The first-order chi connectivity index (χ1) is 7.59. The van der Waals surface area contributed by atoms with Crippen LogP contribution in [-0.2, 0) is 11.2 Å². The van der Waals surface area contributed by atoms with E-state index in [0.29, 0.717) is 5.56 Å². The molecule has 2 rings (SSSR count). The Morgan fingerprint density at radius 1 is 1.31 bits per heavy atom. The second-order valence-corrected chi connectivity index (χ2v) is 3.71. The summed E-state index contributed by atoms with van der Waals surface area (Å²) in [6.45, 7) is 1.45. The molecule has 16 heavy (non-hydrogen) atoms. The standard InChI is InChI=1S/C12H11NO3/c1-7(14)6-9-8-4-2-3-5-10(8)13-11(9)12(15)16/h2-5,13H,6H2,1H3,(H,15,16). The second-order valence-electron chi connectivity index (χ2n) is 3.71. The van der Waals surface area contributed by atoms with E-state index in [1.807, 2.05) is 18.2 Å². The first-order valence-corrected chi connectivity index (χ1v) is 4.92. The Labute approximate surface area is 91.9 Å². The van der Waals surface area contributed by atoms with E-state index in [1.165, 1.54) is 6.92 Å². The minimum Gasteiger partial charge on any atom is -0.477 e. The van der Waals surface area contributed by atoms with Gasteiger partial charge in [0.25, 0.3) is 0 Å². The zero-order valence-electron chi connectivity index (χ0n) is 8.78. The molecule has 82 valence electrons. The van der Waals surface area contributed by atoms with Crippen molar-refractivity contribution >= 4 is 22.7 Å². The summed E-state index contributed by atoms with van der Waals surface area (Å²) in [6, 6.07) is 7.26. The Morgan fingerprint density at radius 2 is 2.00 bits per heavy atom. The lowest BCUT2D eigenvalue weighted by Crippen LogP contribution is -2.04. The fourth-order valence-electron chi connectivity index (χ4n) is 1.82. The predicted octanol–water partition coefficient (Wildman–Crippen LogP) is 2.00. The van der Waals surface area contributed by atoms with Gasteiger partial charge >= 0.3 is 5.97 Å². The summed E-state index contributed by atoms with van der Waals surface area (Å²) in [6.07, 6.45) is 0.144. The van der Waals surface area contributed by atoms with Gasteiger partial charge < -0.3 is 10.1 Å². The van der Waals surface area contributed by atoms with Crippen LogP contribution in [0, 0.1) is 0 Å². The van der Waals surface area contributed by atoms with Crippen LogP contribution >= 0.6 is 0 Å². The van der Waals surface area contributed by atoms with Crippen LogP contribution in [0.15, 0.2) is 24.3 Å². The van der Waals surface area contributed by atoms with Gasteiger partial charge in [-0.25, -0.2) is 4.79 Å². The number of aromatic amines is 1. The van der Waals surface area contributed by atoms with E-state index in [-0.39, 0.29) is 17.9 Å². The van der Waals surface area contributed by atoms with Crippen molar-refractivity contribution in [3.8, 4) is 0 Å². The van der Waals surface area contributed by atoms with Crippen LogP contribution in [-0.4, -0.2) is 21.8 Å². The van der Waals surface area contributed by atoms with Gasteiger partial charge in [-0.05, 0) is 18.6 Å². The van der Waals surface area contributed by atoms with E-state index in [9.17, 15) is 9.59 Å². The number of nitrogens with one attached hydrogen (secondary N) is 1. The van der Waals surface area contributed by atoms with Crippen LogP contribution in [0.25, 0.3) is 10.9 Å². The largest absolute Gasteiger partial charge is 0.477 e. The van der Waals surface area contributed by atoms with Crippen molar-refractivity contribution in [1.82, 2.24) is 4.98 Å². The maximum absolute atomic E-state index is 11.1. The van der Waals surface area contributed by atoms with E-state index in [0.717, 1.165) is 10.9 Å². The van der Waals surface area contributed by atoms with Crippen LogP contribution in [0.2, 0.25) is 0 Å². The molecule has 4 nitrogen and oxygen atoms in total. The lowest BCUT2D eigenvalue weighted by atomic mass is 10.1. The van der Waals surface area contributed by atoms with Crippen molar-refractivity contribution in [3.63, 3.8) is 0 Å². The number of carboxylic acid groups (broad SMARTS) is 1. The van der Waals surface area contributed by atoms with Crippen molar-refractivity contribution in [2.75, 3.05) is 0 Å². The normalized spacial score (nSPS) is 10.6. The summed E-state index contributed by atoms with van der Waals surface area (Å²) < 4.78 is 0. The Kier molecular flexibility index (Phi) is 2.48. The Hall–Kier alpha value is -2.10. The minimum absolute atomic E-state index is 0.0488. The van der Waals surface area contributed by atoms with Gasteiger partial charge in [0.15, 0.2) is 0 Å². The number of H-pyrrole nitrogens is 1. The second kappa shape index (κ2) is 3.81. The lowest BCUT2D eigenvalue weighted by Gasteiger charge is -1.97. The number of carbonyl (C=O) groups is 2. The highest BCUT2D eigenvalue weighted by Crippen LogP contribution is 2.23. The third-order valence-corrected chi connectivity index (χ3v) is 2.45. The molecule has 0 atom stereocenters. The molecule has 0 saturated carbocycles. The van der Waals surface area contributed by atoms with E-state index in [2.05, 4.69) is 4.98 Å². The minimum atomic E-state index is -1.03. The van der Waals surface area contributed by atoms with Crippen LogP contribution in [0.1, 0.15) is 23.0 Å². The summed E-state index contributed by atoms with van der Waals surface area (Å²) in [5.74, 6) is -1.08. The number of benzene rings is 1. The molecular weight excluding hydrogens is 206 g/mol. The first-order valence-electron chi connectivity index (χ1n) is 4.92. The van der Waals surface area contributed by atoms with Crippen molar-refractivity contribution in [1.29, 1.82) is 0 Å². The van der Waals surface area contributed by atoms with Crippen LogP contribution in [0.3, 0.4) is 0 Å². The molecule has 0 aliphatic carbocycles. The molecule has 0 bridgehead atoms. The molecule has 2 N–H and O–H groups in total. The number of Topliss-reactive ketones (excluding diaryl/α,β-unsaturated/α-hetero) is 1. The molecule has 0 spiro atoms. The summed E-state index contributed by atoms with van der Waals surface area (Å²) in [4.78, 5) is 25.0. The first kappa shape index (κ1) is 10.4. The molecule has 2 aromatic rings. The van der Waals surface area contributed by atoms with Gasteiger partial charge in [-0.15, -0.1) is 0 Å². The zero-order valence-corrected chi connectivity index (χ0v) is 8.78. The summed E-state index contributed by atoms with van der Waals surface area (Å²) >= 11 is 0. The summed E-state index contributed by atoms with van der Waals surface area (Å²) in [7, 11) is 0. The van der Waals surface area contributed by atoms with Gasteiger partial charge in [-0.1, -0.05) is 18.2 Å². The number of hydrogen-bond donors (Lipinski definition) is 2. The number of hydrogen-bond acceptors (Lipinski definition) is 2. The summed E-state index contributed by atoms with van der Waals surface area (Å²) in [5.41, 5.74) is 1.42. The predicted molar refractivity (Wildman–Crippen MR) is 59.6 cm³/mol. The van der Waals surface area contributed by atoms with Crippen LogP contribution in [0.4, 0.5) is 0 Å². The molecule has 0 fully saturated rings. The van der Waals surface area contributed by atoms with Crippen molar-refractivity contribution in [3.05, 3.63) is 35.5 Å². The van der Waals surface area contributed by atoms with Crippen molar-refractivity contribution in [2.24, 2.45) is 0 Å². The molecular formula is C12H11NO3. The highest BCUT2D eigenvalue weighted by Gasteiger charge is 2.17. The van der Waals surface area contributed by atoms with Gasteiger partial charge in [0.1, 0.15) is 11.5 Å². The molecule has 0 amide bonds. The number of carbonyl (C=O) groups excluding carboxylic acids is 1. The third kappa shape index (κ3) is 1.69. The molecule has 0 unspecified atom stereocenters. The zero-order chi connectivity index (χ0) is 11.7. The molecule has 0 aliphatic heterocycles. The van der Waals surface area contributed by atoms with E-state index < -0.39 is 5.97 Å². The topological polar surface area (TPSA) is 70.2 Å². The Morgan fingerprint density at radius 3 is 2.62 bits per heavy atom. The third-order valence-electron chi connectivity index (χ3n) is 2.45. The van der Waals surface area contributed by atoms with Gasteiger partial charge in [0, 0.05) is 17.3 Å². The molecule has 0 radical (unpaired) electrons. The van der Waals surface area contributed by atoms with E-state index in [4.69, 9.17) is 5.11 Å². The maximum atomic E-state index is 11.1. The van der Waals surface area contributed by atoms with Crippen LogP contribution in [0.5, 0.6) is 0 Å². The molecule has 1 aromatic heterocycles. The number of rotatable bonds is 3. The van der Waals surface area contributed by atoms with Crippen molar-refractivity contribution in [2.45, 2.75) is 13.3 Å². The molecule has 0 saturated heterocycles. The SMILES string of the molecule is CC(=O)Cc1c(C(=O)O)[nH]c2ccccc12. The number of aromatic nitrogens is 1. The smallest absolute Gasteiger partial charge is 0.352 e. The number of carboxylic acids is 1. The van der Waals surface area contributed by atoms with Gasteiger partial charge in [0.2, 0.25) is 0 Å². The van der Waals surface area contributed by atoms with Gasteiger partial charge in [-0.3, -0.25) is 4.79 Å². The molecule has 0 aliphatic rings. The number of fused-ring (bicyclic) bond motifs is 1. The van der Waals surface area contributed by atoms with Crippen molar-refractivity contribution < 1.29 is 14.7 Å². The molecule has 1 heterocycles. The number of ketones is 1. The van der Waals surface area contributed by atoms with E-state index >= 15 is 0 Å². The van der Waals surface area contributed by atoms with E-state index in [1.54, 1.807) is 6.07 Å². The Balaban J connectivity index is 2.69. The fraction of sp³-hybridized carbons (Fsp3) is 0.167. The van der Waals surface area contributed by atoms with Gasteiger partial charge in [0.05, 0.1) is 0 Å². The highest BCUT2D eigenvalue weighted by molar-refractivity contribution is 5.99. The Bertz CT molecular complexity index is 569. The monoisotopic (exact) mass is 217 g/mol. The quantitative estimate of drug-likeness (QED) is 0.826. The average molecular weight is 217 g/mol. The fourth-order valence-corrected chi connectivity index (χ4v) is 1.82. The molecule has 4 heteroatoms. The van der Waals surface area contributed by atoms with Gasteiger partial charge in [-0.2, -0.15) is 0 Å².